The normalized spacial score (nSPS) is 12.2. The lowest BCUT2D eigenvalue weighted by Crippen LogP contribution is -3.09. The van der Waals surface area contributed by atoms with Gasteiger partial charge in [-0.25, -0.2) is 0 Å². The number of nitrogens with one attached hydrogen (secondary N) is 2. The molecule has 1 unspecified atom stereocenters. The second-order valence-electron chi connectivity index (χ2n) is 6.53. The van der Waals surface area contributed by atoms with E-state index in [1.807, 2.05) is 49.7 Å². The highest BCUT2D eigenvalue weighted by molar-refractivity contribution is 7.71. The first-order chi connectivity index (χ1) is 12.3. The number of rotatable bonds is 8. The fourth-order valence-electron chi connectivity index (χ4n) is 2.61. The number of aromatic nitrogens is 3. The molecule has 8 heteroatoms. The zero-order chi connectivity index (χ0) is 19.3. The van der Waals surface area contributed by atoms with Crippen molar-refractivity contribution >= 4 is 29.7 Å². The molecule has 0 aliphatic carbocycles. The Bertz CT molecular complexity index is 825. The van der Waals surface area contributed by atoms with Gasteiger partial charge in [0, 0.05) is 23.2 Å². The van der Waals surface area contributed by atoms with E-state index < -0.39 is 0 Å². The Balaban J connectivity index is 2.25. The predicted octanol–water partition coefficient (Wildman–Crippen LogP) is 1.92. The topological polar surface area (TPSA) is 56.3 Å². The molecule has 2 aromatic rings. The van der Waals surface area contributed by atoms with Gasteiger partial charge in [0.2, 0.25) is 4.77 Å². The number of halogens is 1. The Labute approximate surface area is 164 Å². The summed E-state index contributed by atoms with van der Waals surface area (Å²) >= 11 is 11.6. The first-order valence-electron chi connectivity index (χ1n) is 8.47. The summed E-state index contributed by atoms with van der Waals surface area (Å²) in [5.41, 5.74) is 0.927. The van der Waals surface area contributed by atoms with Crippen molar-refractivity contribution < 1.29 is 9.69 Å². The summed E-state index contributed by atoms with van der Waals surface area (Å²) in [5.74, 6) is 0.762. The highest BCUT2D eigenvalue weighted by Crippen LogP contribution is 2.20. The van der Waals surface area contributed by atoms with Gasteiger partial charge >= 0.3 is 0 Å². The van der Waals surface area contributed by atoms with Crippen LogP contribution in [0.15, 0.2) is 36.9 Å². The molecule has 1 aromatic carbocycles. The average Bonchev–Trinajstić information content (AvgIpc) is 2.84. The van der Waals surface area contributed by atoms with Gasteiger partial charge in [0.15, 0.2) is 19.0 Å². The number of nitrogens with zero attached hydrogens (tertiary/aromatic N) is 3. The molecule has 0 aliphatic rings. The third-order valence-electron chi connectivity index (χ3n) is 3.67. The van der Waals surface area contributed by atoms with Gasteiger partial charge in [-0.3, -0.25) is 9.36 Å². The zero-order valence-electron chi connectivity index (χ0n) is 15.3. The molecule has 140 valence electrons. The molecule has 0 aliphatic heterocycles. The standard InChI is InChI=1S/C18H24ClN5OS/c1-5-10-23-17(14-6-8-15(19)9-7-14)21-24(18(23)26)12-22(4)11-16(25)20-13(2)3/h5-9,13H,1,10-12H2,2-4H3,(H,20,25)/p+1. The van der Waals surface area contributed by atoms with E-state index in [4.69, 9.17) is 23.8 Å². The number of allylic oxidation sites excluding steroid dienone is 1. The Morgan fingerprint density at radius 3 is 2.65 bits per heavy atom. The van der Waals surface area contributed by atoms with Gasteiger partial charge in [-0.15, -0.1) is 11.7 Å². The largest absolute Gasteiger partial charge is 0.349 e. The molecule has 0 radical (unpaired) electrons. The van der Waals surface area contributed by atoms with Gasteiger partial charge < -0.3 is 10.2 Å². The first kappa shape index (κ1) is 20.4. The van der Waals surface area contributed by atoms with Crippen LogP contribution in [-0.2, 0) is 18.0 Å². The van der Waals surface area contributed by atoms with Crippen LogP contribution in [0.25, 0.3) is 11.4 Å². The highest BCUT2D eigenvalue weighted by Gasteiger charge is 2.16. The van der Waals surface area contributed by atoms with Crippen molar-refractivity contribution in [1.29, 1.82) is 0 Å². The summed E-state index contributed by atoms with van der Waals surface area (Å²) in [5, 5.41) is 8.23. The molecule has 0 fully saturated rings. The van der Waals surface area contributed by atoms with E-state index in [0.717, 1.165) is 16.3 Å². The molecule has 0 saturated heterocycles. The van der Waals surface area contributed by atoms with Gasteiger partial charge in [0.25, 0.3) is 5.91 Å². The van der Waals surface area contributed by atoms with E-state index in [1.165, 1.54) is 0 Å². The fraction of sp³-hybridized carbons (Fsp3) is 0.389. The molecule has 1 amide bonds. The van der Waals surface area contributed by atoms with E-state index in [1.54, 1.807) is 10.8 Å². The van der Waals surface area contributed by atoms with Crippen LogP contribution in [-0.4, -0.2) is 39.9 Å². The predicted molar refractivity (Wildman–Crippen MR) is 107 cm³/mol. The SMILES string of the molecule is C=CCn1c(-c2ccc(Cl)cc2)nn(C[NH+](C)CC(=O)NC(C)C)c1=S. The molecule has 26 heavy (non-hydrogen) atoms. The lowest BCUT2D eigenvalue weighted by molar-refractivity contribution is -0.895. The molecule has 1 aromatic heterocycles. The third-order valence-corrected chi connectivity index (χ3v) is 4.35. The maximum absolute atomic E-state index is 11.9. The van der Waals surface area contributed by atoms with Crippen molar-refractivity contribution in [3.63, 3.8) is 0 Å². The van der Waals surface area contributed by atoms with E-state index in [0.29, 0.717) is 29.6 Å². The Morgan fingerprint density at radius 1 is 1.42 bits per heavy atom. The van der Waals surface area contributed by atoms with Gasteiger partial charge in [-0.2, -0.15) is 4.68 Å². The van der Waals surface area contributed by atoms with Crippen molar-refractivity contribution in [1.82, 2.24) is 19.7 Å². The van der Waals surface area contributed by atoms with Gasteiger partial charge in [-0.05, 0) is 50.3 Å². The van der Waals surface area contributed by atoms with Crippen LogP contribution in [0.2, 0.25) is 5.02 Å². The smallest absolute Gasteiger partial charge is 0.275 e. The lowest BCUT2D eigenvalue weighted by Gasteiger charge is -2.14. The van der Waals surface area contributed by atoms with Crippen LogP contribution in [0, 0.1) is 4.77 Å². The number of likely N-dealkylation sites (N-methyl/N-ethyl adjacent to an activating group) is 1. The second kappa shape index (κ2) is 9.12. The van der Waals surface area contributed by atoms with Crippen molar-refractivity contribution in [2.75, 3.05) is 13.6 Å². The number of hydrogen-bond donors (Lipinski definition) is 2. The van der Waals surface area contributed by atoms with Gasteiger partial charge in [0.1, 0.15) is 0 Å². The second-order valence-corrected chi connectivity index (χ2v) is 7.33. The summed E-state index contributed by atoms with van der Waals surface area (Å²) in [6.07, 6.45) is 1.79. The van der Waals surface area contributed by atoms with Crippen molar-refractivity contribution in [2.45, 2.75) is 33.1 Å². The summed E-state index contributed by atoms with van der Waals surface area (Å²) in [7, 11) is 1.94. The summed E-state index contributed by atoms with van der Waals surface area (Å²) in [4.78, 5) is 12.9. The number of amides is 1. The number of quaternary nitrogens is 1. The molecule has 0 bridgehead atoms. The maximum atomic E-state index is 11.9. The molecule has 1 heterocycles. The Morgan fingerprint density at radius 2 is 2.08 bits per heavy atom. The molecule has 6 nitrogen and oxygen atoms in total. The van der Waals surface area contributed by atoms with Crippen LogP contribution < -0.4 is 10.2 Å². The summed E-state index contributed by atoms with van der Waals surface area (Å²) < 4.78 is 4.27. The summed E-state index contributed by atoms with van der Waals surface area (Å²) in [6, 6.07) is 7.60. The lowest BCUT2D eigenvalue weighted by atomic mass is 10.2. The molecule has 2 rings (SSSR count). The van der Waals surface area contributed by atoms with E-state index in [9.17, 15) is 4.79 Å². The molecule has 0 saturated carbocycles. The van der Waals surface area contributed by atoms with Crippen LogP contribution >= 0.6 is 23.8 Å². The minimum atomic E-state index is 0.00691. The molecule has 2 N–H and O–H groups in total. The van der Waals surface area contributed by atoms with Crippen LogP contribution in [0.4, 0.5) is 0 Å². The maximum Gasteiger partial charge on any atom is 0.275 e. The monoisotopic (exact) mass is 394 g/mol. The number of carbonyl (C=O) groups is 1. The average molecular weight is 395 g/mol. The number of benzene rings is 1. The third kappa shape index (κ3) is 5.27. The van der Waals surface area contributed by atoms with Crippen LogP contribution in [0.5, 0.6) is 0 Å². The van der Waals surface area contributed by atoms with E-state index in [-0.39, 0.29) is 11.9 Å². The highest BCUT2D eigenvalue weighted by atomic mass is 35.5. The molecular formula is C18H25ClN5OS+. The first-order valence-corrected chi connectivity index (χ1v) is 9.25. The quantitative estimate of drug-likeness (QED) is 0.531. The number of hydrogen-bond acceptors (Lipinski definition) is 3. The van der Waals surface area contributed by atoms with Crippen molar-refractivity contribution in [3.05, 3.63) is 46.7 Å². The van der Waals surface area contributed by atoms with Crippen molar-refractivity contribution in [2.24, 2.45) is 0 Å². The fourth-order valence-corrected chi connectivity index (χ4v) is 3.00. The van der Waals surface area contributed by atoms with E-state index in [2.05, 4.69) is 17.0 Å². The number of carbonyl (C=O) groups excluding carboxylic acids is 1. The zero-order valence-corrected chi connectivity index (χ0v) is 16.9. The minimum absolute atomic E-state index is 0.00691. The van der Waals surface area contributed by atoms with Gasteiger partial charge in [-0.1, -0.05) is 17.7 Å². The molecule has 1 atom stereocenters. The van der Waals surface area contributed by atoms with E-state index >= 15 is 0 Å². The minimum Gasteiger partial charge on any atom is -0.349 e. The Hall–Kier alpha value is -1.96. The van der Waals surface area contributed by atoms with Crippen molar-refractivity contribution in [3.8, 4) is 11.4 Å². The Kier molecular flexibility index (Phi) is 7.14. The molecular weight excluding hydrogens is 370 g/mol. The van der Waals surface area contributed by atoms with Gasteiger partial charge in [0.05, 0.1) is 7.05 Å². The summed E-state index contributed by atoms with van der Waals surface area (Å²) in [6.45, 7) is 9.09. The van der Waals surface area contributed by atoms with Crippen LogP contribution in [0.3, 0.4) is 0 Å². The molecule has 0 spiro atoms. The van der Waals surface area contributed by atoms with Crippen LogP contribution in [0.1, 0.15) is 13.8 Å².